The second-order valence-electron chi connectivity index (χ2n) is 4.57. The molecule has 2 rings (SSSR count). The summed E-state index contributed by atoms with van der Waals surface area (Å²) in [6, 6.07) is 5.73. The molecule has 1 aromatic carbocycles. The van der Waals surface area contributed by atoms with E-state index in [0.717, 1.165) is 18.2 Å². The molecule has 0 aliphatic rings. The van der Waals surface area contributed by atoms with Crippen molar-refractivity contribution in [2.24, 2.45) is 0 Å². The van der Waals surface area contributed by atoms with E-state index < -0.39 is 28.6 Å². The molecule has 0 aliphatic heterocycles. The molecule has 23 heavy (non-hydrogen) atoms. The molecule has 0 unspecified atom stereocenters. The monoisotopic (exact) mass is 346 g/mol. The molecular weight excluding hydrogens is 337 g/mol. The van der Waals surface area contributed by atoms with Gasteiger partial charge in [-0.05, 0) is 47.2 Å². The third-order valence-electron chi connectivity index (χ3n) is 2.98. The van der Waals surface area contributed by atoms with Gasteiger partial charge in [0.25, 0.3) is 0 Å². The van der Waals surface area contributed by atoms with E-state index in [2.05, 4.69) is 4.98 Å². The van der Waals surface area contributed by atoms with Gasteiger partial charge in [0, 0.05) is 10.6 Å². The van der Waals surface area contributed by atoms with E-state index in [-0.39, 0.29) is 16.3 Å². The minimum Gasteiger partial charge on any atom is -0.478 e. The summed E-state index contributed by atoms with van der Waals surface area (Å²) in [6.45, 7) is 1.34. The molecule has 0 N–H and O–H groups in total. The third kappa shape index (κ3) is 3.89. The predicted octanol–water partition coefficient (Wildman–Crippen LogP) is 4.80. The number of benzene rings is 1. The van der Waals surface area contributed by atoms with Crippen molar-refractivity contribution in [3.63, 3.8) is 0 Å². The molecule has 0 saturated carbocycles. The van der Waals surface area contributed by atoms with Gasteiger partial charge in [-0.2, -0.15) is 13.2 Å². The maximum absolute atomic E-state index is 13.1. The number of hydrogen-bond donors (Lipinski definition) is 0. The Balaban J connectivity index is 2.41. The number of pyridine rings is 1. The number of alkyl halides is 3. The first-order chi connectivity index (χ1) is 10.7. The highest BCUT2D eigenvalue weighted by Gasteiger charge is 2.35. The highest BCUT2D eigenvalue weighted by atomic mass is 35.5. The fourth-order valence-corrected chi connectivity index (χ4v) is 2.17. The van der Waals surface area contributed by atoms with Crippen molar-refractivity contribution in [1.29, 1.82) is 0 Å². The Kier molecular flexibility index (Phi) is 4.74. The first kappa shape index (κ1) is 17.0. The quantitative estimate of drug-likeness (QED) is 0.589. The molecule has 0 radical (unpaired) electrons. The SMILES string of the molecule is C[C@H](Oc1cccnc1[N+](=O)[O-])c1cc(Cl)ccc1C(F)(F)F. The van der Waals surface area contributed by atoms with Crippen LogP contribution in [0.5, 0.6) is 5.75 Å². The Morgan fingerprint density at radius 2 is 2.04 bits per heavy atom. The maximum atomic E-state index is 13.1. The van der Waals surface area contributed by atoms with Gasteiger partial charge in [-0.3, -0.25) is 0 Å². The van der Waals surface area contributed by atoms with Gasteiger partial charge in [-0.25, -0.2) is 0 Å². The molecule has 5 nitrogen and oxygen atoms in total. The van der Waals surface area contributed by atoms with Gasteiger partial charge in [0.15, 0.2) is 0 Å². The normalized spacial score (nSPS) is 12.7. The Morgan fingerprint density at radius 3 is 2.65 bits per heavy atom. The highest BCUT2D eigenvalue weighted by molar-refractivity contribution is 6.30. The average Bonchev–Trinajstić information content (AvgIpc) is 2.46. The van der Waals surface area contributed by atoms with Gasteiger partial charge >= 0.3 is 12.0 Å². The summed E-state index contributed by atoms with van der Waals surface area (Å²) in [5.41, 5.74) is -1.14. The zero-order valence-electron chi connectivity index (χ0n) is 11.7. The minimum atomic E-state index is -4.60. The van der Waals surface area contributed by atoms with Crippen molar-refractivity contribution in [3.8, 4) is 5.75 Å². The van der Waals surface area contributed by atoms with Gasteiger partial charge < -0.3 is 14.9 Å². The number of nitrogens with zero attached hydrogens (tertiary/aromatic N) is 2. The molecule has 0 bridgehead atoms. The van der Waals surface area contributed by atoms with E-state index >= 15 is 0 Å². The smallest absolute Gasteiger partial charge is 0.416 e. The Labute approximate surface area is 133 Å². The zero-order valence-corrected chi connectivity index (χ0v) is 12.4. The Hall–Kier alpha value is -2.35. The van der Waals surface area contributed by atoms with E-state index in [4.69, 9.17) is 16.3 Å². The standard InChI is InChI=1S/C14H10ClF3N2O3/c1-8(23-12-3-2-6-19-13(12)20(21)22)10-7-9(15)4-5-11(10)14(16,17)18/h2-8H,1H3/t8-/m0/s1. The molecule has 0 spiro atoms. The summed E-state index contributed by atoms with van der Waals surface area (Å²) in [6.07, 6.45) is -4.53. The van der Waals surface area contributed by atoms with Gasteiger partial charge in [0.1, 0.15) is 12.3 Å². The maximum Gasteiger partial charge on any atom is 0.416 e. The Bertz CT molecular complexity index is 737. The van der Waals surface area contributed by atoms with Gasteiger partial charge in [-0.15, -0.1) is 0 Å². The minimum absolute atomic E-state index is 0.101. The fraction of sp³-hybridized carbons (Fsp3) is 0.214. The third-order valence-corrected chi connectivity index (χ3v) is 3.22. The summed E-state index contributed by atoms with van der Waals surface area (Å²) < 4.78 is 44.5. The summed E-state index contributed by atoms with van der Waals surface area (Å²) in [4.78, 5) is 13.7. The van der Waals surface area contributed by atoms with E-state index in [1.807, 2.05) is 0 Å². The summed E-state index contributed by atoms with van der Waals surface area (Å²) in [5, 5.41) is 11.0. The molecule has 1 heterocycles. The van der Waals surface area contributed by atoms with Crippen LogP contribution in [0.15, 0.2) is 36.5 Å². The van der Waals surface area contributed by atoms with Crippen molar-refractivity contribution in [2.75, 3.05) is 0 Å². The van der Waals surface area contributed by atoms with Gasteiger partial charge in [0.2, 0.25) is 5.75 Å². The molecule has 0 aliphatic carbocycles. The number of nitro groups is 1. The second-order valence-corrected chi connectivity index (χ2v) is 5.01. The largest absolute Gasteiger partial charge is 0.478 e. The van der Waals surface area contributed by atoms with Crippen LogP contribution in [0, 0.1) is 10.1 Å². The van der Waals surface area contributed by atoms with Crippen LogP contribution >= 0.6 is 11.6 Å². The van der Waals surface area contributed by atoms with Crippen LogP contribution in [0.3, 0.4) is 0 Å². The fourth-order valence-electron chi connectivity index (χ4n) is 1.99. The number of hydrogen-bond acceptors (Lipinski definition) is 4. The van der Waals surface area contributed by atoms with Gasteiger partial charge in [0.05, 0.1) is 5.56 Å². The molecule has 1 atom stereocenters. The Morgan fingerprint density at radius 1 is 1.35 bits per heavy atom. The highest BCUT2D eigenvalue weighted by Crippen LogP contribution is 2.38. The van der Waals surface area contributed by atoms with Crippen LogP contribution in [0.1, 0.15) is 24.2 Å². The van der Waals surface area contributed by atoms with Crippen molar-refractivity contribution in [1.82, 2.24) is 4.98 Å². The lowest BCUT2D eigenvalue weighted by atomic mass is 10.0. The molecule has 0 fully saturated rings. The number of halogens is 4. The lowest BCUT2D eigenvalue weighted by Gasteiger charge is -2.19. The molecule has 2 aromatic rings. The van der Waals surface area contributed by atoms with Crippen LogP contribution < -0.4 is 4.74 Å². The molecule has 122 valence electrons. The van der Waals surface area contributed by atoms with Crippen LogP contribution in [-0.4, -0.2) is 9.91 Å². The lowest BCUT2D eigenvalue weighted by Crippen LogP contribution is -2.14. The van der Waals surface area contributed by atoms with E-state index in [9.17, 15) is 23.3 Å². The molecule has 0 amide bonds. The molecular formula is C14H10ClF3N2O3. The second kappa shape index (κ2) is 6.41. The van der Waals surface area contributed by atoms with Crippen molar-refractivity contribution in [3.05, 3.63) is 62.8 Å². The lowest BCUT2D eigenvalue weighted by molar-refractivity contribution is -0.390. The van der Waals surface area contributed by atoms with Crippen LogP contribution in [-0.2, 0) is 6.18 Å². The van der Waals surface area contributed by atoms with Gasteiger partial charge in [-0.1, -0.05) is 11.6 Å². The topological polar surface area (TPSA) is 65.3 Å². The number of aromatic nitrogens is 1. The molecule has 9 heteroatoms. The molecule has 1 aromatic heterocycles. The summed E-state index contributed by atoms with van der Waals surface area (Å²) >= 11 is 5.75. The first-order valence-electron chi connectivity index (χ1n) is 6.33. The van der Waals surface area contributed by atoms with Crippen molar-refractivity contribution < 1.29 is 22.8 Å². The molecule has 0 saturated heterocycles. The average molecular weight is 347 g/mol. The van der Waals surface area contributed by atoms with E-state index in [1.54, 1.807) is 0 Å². The summed E-state index contributed by atoms with van der Waals surface area (Å²) in [5.74, 6) is -0.798. The van der Waals surface area contributed by atoms with E-state index in [1.165, 1.54) is 25.3 Å². The van der Waals surface area contributed by atoms with Crippen LogP contribution in [0.25, 0.3) is 0 Å². The number of rotatable bonds is 4. The van der Waals surface area contributed by atoms with Crippen molar-refractivity contribution >= 4 is 17.4 Å². The predicted molar refractivity (Wildman–Crippen MR) is 76.4 cm³/mol. The number of ether oxygens (including phenoxy) is 1. The summed E-state index contributed by atoms with van der Waals surface area (Å²) in [7, 11) is 0. The first-order valence-corrected chi connectivity index (χ1v) is 6.70. The van der Waals surface area contributed by atoms with Crippen LogP contribution in [0.2, 0.25) is 5.02 Å². The van der Waals surface area contributed by atoms with Crippen molar-refractivity contribution in [2.45, 2.75) is 19.2 Å². The van der Waals surface area contributed by atoms with E-state index in [0.29, 0.717) is 0 Å². The van der Waals surface area contributed by atoms with Crippen LogP contribution in [0.4, 0.5) is 19.0 Å². The zero-order chi connectivity index (χ0) is 17.2.